The number of amides is 1. The highest BCUT2D eigenvalue weighted by Crippen LogP contribution is 2.25. The van der Waals surface area contributed by atoms with Crippen LogP contribution in [0.2, 0.25) is 0 Å². The Bertz CT molecular complexity index is 754. The number of hydrogen-bond donors (Lipinski definition) is 0. The molecule has 0 bridgehead atoms. The van der Waals surface area contributed by atoms with E-state index in [4.69, 9.17) is 9.47 Å². The molecule has 1 aliphatic rings. The SMILES string of the molecule is CCN(C[C@@H]1CCCCO1)C(=O)c1cc(C)nc2cc(OC)ccc12. The van der Waals surface area contributed by atoms with Crippen molar-refractivity contribution in [1.29, 1.82) is 0 Å². The van der Waals surface area contributed by atoms with E-state index in [1.165, 1.54) is 6.42 Å². The lowest BCUT2D eigenvalue weighted by Gasteiger charge is -2.29. The van der Waals surface area contributed by atoms with Crippen molar-refractivity contribution in [2.45, 2.75) is 39.2 Å². The van der Waals surface area contributed by atoms with Gasteiger partial charge in [0.2, 0.25) is 0 Å². The maximum absolute atomic E-state index is 13.2. The third-order valence-corrected chi connectivity index (χ3v) is 4.74. The van der Waals surface area contributed by atoms with Crippen LogP contribution in [0.4, 0.5) is 0 Å². The number of aromatic nitrogens is 1. The van der Waals surface area contributed by atoms with Crippen LogP contribution in [0.1, 0.15) is 42.2 Å². The summed E-state index contributed by atoms with van der Waals surface area (Å²) in [6.45, 7) is 6.04. The normalized spacial score (nSPS) is 17.5. The van der Waals surface area contributed by atoms with E-state index in [1.807, 2.05) is 43.0 Å². The van der Waals surface area contributed by atoms with Crippen molar-refractivity contribution in [2.24, 2.45) is 0 Å². The molecule has 1 aromatic carbocycles. The molecule has 0 spiro atoms. The molecule has 2 heterocycles. The first-order chi connectivity index (χ1) is 12.1. The summed E-state index contributed by atoms with van der Waals surface area (Å²) < 4.78 is 11.1. The molecule has 0 aliphatic carbocycles. The van der Waals surface area contributed by atoms with Crippen molar-refractivity contribution >= 4 is 16.8 Å². The second-order valence-corrected chi connectivity index (χ2v) is 6.53. The highest BCUT2D eigenvalue weighted by molar-refractivity contribution is 6.06. The molecule has 0 radical (unpaired) electrons. The van der Waals surface area contributed by atoms with Gasteiger partial charge < -0.3 is 14.4 Å². The number of rotatable bonds is 5. The number of ether oxygens (including phenoxy) is 2. The van der Waals surface area contributed by atoms with E-state index >= 15 is 0 Å². The average Bonchev–Trinajstić information content (AvgIpc) is 2.65. The van der Waals surface area contributed by atoms with Gasteiger partial charge in [-0.2, -0.15) is 0 Å². The standard InChI is InChI=1S/C20H26N2O3/c1-4-22(13-16-7-5-6-10-25-16)20(23)18-11-14(2)21-19-12-15(24-3)8-9-17(18)19/h8-9,11-12,16H,4-7,10,13H2,1-3H3/t16-/m0/s1. The topological polar surface area (TPSA) is 51.7 Å². The Morgan fingerprint density at radius 3 is 2.88 bits per heavy atom. The fraction of sp³-hybridized carbons (Fsp3) is 0.500. The van der Waals surface area contributed by atoms with Crippen LogP contribution < -0.4 is 4.74 Å². The molecule has 25 heavy (non-hydrogen) atoms. The first-order valence-corrected chi connectivity index (χ1v) is 8.98. The molecule has 5 heteroatoms. The minimum absolute atomic E-state index is 0.0392. The lowest BCUT2D eigenvalue weighted by Crippen LogP contribution is -2.39. The molecule has 0 unspecified atom stereocenters. The minimum atomic E-state index is 0.0392. The fourth-order valence-electron chi connectivity index (χ4n) is 3.37. The van der Waals surface area contributed by atoms with E-state index in [9.17, 15) is 4.79 Å². The van der Waals surface area contributed by atoms with E-state index in [0.717, 1.165) is 41.8 Å². The number of benzene rings is 1. The summed E-state index contributed by atoms with van der Waals surface area (Å²) in [6, 6.07) is 7.54. The number of carbonyl (C=O) groups is 1. The van der Waals surface area contributed by atoms with Crippen molar-refractivity contribution in [2.75, 3.05) is 26.8 Å². The second kappa shape index (κ2) is 7.83. The summed E-state index contributed by atoms with van der Waals surface area (Å²) in [5.74, 6) is 0.782. The first-order valence-electron chi connectivity index (χ1n) is 8.98. The number of nitrogens with zero attached hydrogens (tertiary/aromatic N) is 2. The lowest BCUT2D eigenvalue weighted by atomic mass is 10.0. The summed E-state index contributed by atoms with van der Waals surface area (Å²) in [5.41, 5.74) is 2.31. The predicted molar refractivity (Wildman–Crippen MR) is 98.2 cm³/mol. The molecule has 5 nitrogen and oxygen atoms in total. The van der Waals surface area contributed by atoms with E-state index in [0.29, 0.717) is 18.7 Å². The Morgan fingerprint density at radius 2 is 2.20 bits per heavy atom. The van der Waals surface area contributed by atoms with Gasteiger partial charge in [0.1, 0.15) is 5.75 Å². The van der Waals surface area contributed by atoms with Crippen LogP contribution in [0.5, 0.6) is 5.75 Å². The predicted octanol–water partition coefficient (Wildman–Crippen LogP) is 3.58. The number of methoxy groups -OCH3 is 1. The van der Waals surface area contributed by atoms with Crippen LogP contribution in [0, 0.1) is 6.92 Å². The van der Waals surface area contributed by atoms with Gasteiger partial charge >= 0.3 is 0 Å². The number of aryl methyl sites for hydroxylation is 1. The number of likely N-dealkylation sites (N-methyl/N-ethyl adjacent to an activating group) is 1. The minimum Gasteiger partial charge on any atom is -0.497 e. The van der Waals surface area contributed by atoms with Gasteiger partial charge in [0.25, 0.3) is 5.91 Å². The van der Waals surface area contributed by atoms with E-state index in [1.54, 1.807) is 7.11 Å². The first kappa shape index (κ1) is 17.7. The molecule has 1 aromatic heterocycles. The molecular formula is C20H26N2O3. The summed E-state index contributed by atoms with van der Waals surface area (Å²) in [6.07, 6.45) is 3.46. The van der Waals surface area contributed by atoms with E-state index in [-0.39, 0.29) is 12.0 Å². The molecule has 0 N–H and O–H groups in total. The van der Waals surface area contributed by atoms with Crippen molar-refractivity contribution in [3.05, 3.63) is 35.5 Å². The molecule has 0 saturated carbocycles. The van der Waals surface area contributed by atoms with Gasteiger partial charge in [-0.15, -0.1) is 0 Å². The number of pyridine rings is 1. The van der Waals surface area contributed by atoms with Crippen molar-refractivity contribution in [3.63, 3.8) is 0 Å². The lowest BCUT2D eigenvalue weighted by molar-refractivity contribution is -0.00307. The average molecular weight is 342 g/mol. The molecule has 3 rings (SSSR count). The summed E-state index contributed by atoms with van der Waals surface area (Å²) in [4.78, 5) is 19.6. The van der Waals surface area contributed by atoms with Crippen molar-refractivity contribution < 1.29 is 14.3 Å². The maximum Gasteiger partial charge on any atom is 0.254 e. The third kappa shape index (κ3) is 3.93. The second-order valence-electron chi connectivity index (χ2n) is 6.53. The van der Waals surface area contributed by atoms with Crippen molar-refractivity contribution in [3.8, 4) is 5.75 Å². The van der Waals surface area contributed by atoms with Gasteiger partial charge in [-0.05, 0) is 51.3 Å². The number of fused-ring (bicyclic) bond motifs is 1. The highest BCUT2D eigenvalue weighted by Gasteiger charge is 2.23. The number of hydrogen-bond acceptors (Lipinski definition) is 4. The van der Waals surface area contributed by atoms with Gasteiger partial charge in [-0.1, -0.05) is 0 Å². The third-order valence-electron chi connectivity index (χ3n) is 4.74. The summed E-state index contributed by atoms with van der Waals surface area (Å²) in [5, 5.41) is 0.861. The maximum atomic E-state index is 13.2. The van der Waals surface area contributed by atoms with Crippen LogP contribution in [-0.4, -0.2) is 48.7 Å². The quantitative estimate of drug-likeness (QED) is 0.833. The van der Waals surface area contributed by atoms with E-state index < -0.39 is 0 Å². The highest BCUT2D eigenvalue weighted by atomic mass is 16.5. The largest absolute Gasteiger partial charge is 0.497 e. The van der Waals surface area contributed by atoms with Gasteiger partial charge in [-0.25, -0.2) is 0 Å². The van der Waals surface area contributed by atoms with Gasteiger partial charge in [0, 0.05) is 36.8 Å². The zero-order valence-electron chi connectivity index (χ0n) is 15.2. The summed E-state index contributed by atoms with van der Waals surface area (Å²) in [7, 11) is 1.63. The van der Waals surface area contributed by atoms with Gasteiger partial charge in [0.05, 0.1) is 24.3 Å². The van der Waals surface area contributed by atoms with Crippen LogP contribution in [0.15, 0.2) is 24.3 Å². The molecule has 1 aliphatic heterocycles. The molecule has 2 aromatic rings. The Kier molecular flexibility index (Phi) is 5.53. The zero-order chi connectivity index (χ0) is 17.8. The Balaban J connectivity index is 1.91. The molecule has 1 atom stereocenters. The molecule has 134 valence electrons. The monoisotopic (exact) mass is 342 g/mol. The van der Waals surface area contributed by atoms with Crippen LogP contribution in [-0.2, 0) is 4.74 Å². The Hall–Kier alpha value is -2.14. The molecule has 1 amide bonds. The molecular weight excluding hydrogens is 316 g/mol. The van der Waals surface area contributed by atoms with E-state index in [2.05, 4.69) is 4.98 Å². The number of carbonyl (C=O) groups excluding carboxylic acids is 1. The fourth-order valence-corrected chi connectivity index (χ4v) is 3.37. The molecule has 1 saturated heterocycles. The molecule has 1 fully saturated rings. The Morgan fingerprint density at radius 1 is 1.36 bits per heavy atom. The van der Waals surface area contributed by atoms with Crippen LogP contribution in [0.3, 0.4) is 0 Å². The van der Waals surface area contributed by atoms with Crippen molar-refractivity contribution in [1.82, 2.24) is 9.88 Å². The smallest absolute Gasteiger partial charge is 0.254 e. The van der Waals surface area contributed by atoms with Crippen LogP contribution in [0.25, 0.3) is 10.9 Å². The van der Waals surface area contributed by atoms with Gasteiger partial charge in [-0.3, -0.25) is 9.78 Å². The van der Waals surface area contributed by atoms with Gasteiger partial charge in [0.15, 0.2) is 0 Å². The zero-order valence-corrected chi connectivity index (χ0v) is 15.2. The summed E-state index contributed by atoms with van der Waals surface area (Å²) >= 11 is 0. The van der Waals surface area contributed by atoms with Crippen LogP contribution >= 0.6 is 0 Å². The Labute approximate surface area is 148 Å².